The van der Waals surface area contributed by atoms with Crippen LogP contribution in [-0.2, 0) is 16.6 Å². The van der Waals surface area contributed by atoms with Gasteiger partial charge in [0.15, 0.2) is 0 Å². The van der Waals surface area contributed by atoms with Gasteiger partial charge in [0.1, 0.15) is 5.82 Å². The van der Waals surface area contributed by atoms with Crippen molar-refractivity contribution in [2.75, 3.05) is 44.3 Å². The monoisotopic (exact) mass is 341 g/mol. The van der Waals surface area contributed by atoms with E-state index in [0.29, 0.717) is 24.9 Å². The van der Waals surface area contributed by atoms with Gasteiger partial charge in [-0.25, -0.2) is 17.4 Å². The zero-order valence-electron chi connectivity index (χ0n) is 14.0. The molecule has 3 rings (SSSR count). The molecular weight excluding hydrogens is 314 g/mol. The summed E-state index contributed by atoms with van der Waals surface area (Å²) in [5.41, 5.74) is 1.05. The SMILES string of the molecule is Cc1cc2n(n1)C[C@H](CNCC1CCN(S(C)(=O)=O)CC1)CN2. The number of sulfonamides is 1. The second-order valence-electron chi connectivity index (χ2n) is 6.86. The smallest absolute Gasteiger partial charge is 0.211 e. The molecule has 0 aromatic carbocycles. The van der Waals surface area contributed by atoms with Crippen LogP contribution in [0.4, 0.5) is 5.82 Å². The van der Waals surface area contributed by atoms with E-state index in [2.05, 4.69) is 26.5 Å². The van der Waals surface area contributed by atoms with E-state index in [9.17, 15) is 8.42 Å². The summed E-state index contributed by atoms with van der Waals surface area (Å²) in [6.07, 6.45) is 3.20. The van der Waals surface area contributed by atoms with E-state index in [1.54, 1.807) is 4.31 Å². The molecule has 1 aromatic heterocycles. The first-order chi connectivity index (χ1) is 10.9. The maximum absolute atomic E-state index is 11.5. The summed E-state index contributed by atoms with van der Waals surface area (Å²) >= 11 is 0. The number of fused-ring (bicyclic) bond motifs is 1. The number of hydrogen-bond acceptors (Lipinski definition) is 5. The minimum Gasteiger partial charge on any atom is -0.370 e. The van der Waals surface area contributed by atoms with Gasteiger partial charge in [-0.3, -0.25) is 0 Å². The highest BCUT2D eigenvalue weighted by Crippen LogP contribution is 2.20. The van der Waals surface area contributed by atoms with Gasteiger partial charge in [0.25, 0.3) is 0 Å². The molecule has 2 aliphatic rings. The van der Waals surface area contributed by atoms with Crippen molar-refractivity contribution >= 4 is 15.8 Å². The number of anilines is 1. The maximum atomic E-state index is 11.5. The molecule has 2 N–H and O–H groups in total. The molecule has 23 heavy (non-hydrogen) atoms. The second kappa shape index (κ2) is 6.78. The topological polar surface area (TPSA) is 79.3 Å². The van der Waals surface area contributed by atoms with E-state index >= 15 is 0 Å². The molecule has 1 atom stereocenters. The standard InChI is InChI=1S/C15H27N5O2S/c1-12-7-15-17-10-14(11-20(15)18-12)9-16-8-13-3-5-19(6-4-13)23(2,21)22/h7,13-14,16-17H,3-6,8-11H2,1-2H3/t14-/m1/s1. The molecule has 130 valence electrons. The number of aromatic nitrogens is 2. The molecule has 0 amide bonds. The zero-order chi connectivity index (χ0) is 16.4. The van der Waals surface area contributed by atoms with Crippen molar-refractivity contribution in [2.45, 2.75) is 26.3 Å². The Labute approximate surface area is 138 Å². The Morgan fingerprint density at radius 1 is 1.30 bits per heavy atom. The highest BCUT2D eigenvalue weighted by Gasteiger charge is 2.25. The van der Waals surface area contributed by atoms with Gasteiger partial charge in [0, 0.05) is 44.7 Å². The third-order valence-electron chi connectivity index (χ3n) is 4.81. The van der Waals surface area contributed by atoms with Gasteiger partial charge in [-0.05, 0) is 32.2 Å². The molecule has 1 saturated heterocycles. The first-order valence-electron chi connectivity index (χ1n) is 8.36. The number of nitrogens with zero attached hydrogens (tertiary/aromatic N) is 3. The summed E-state index contributed by atoms with van der Waals surface area (Å²) in [4.78, 5) is 0. The summed E-state index contributed by atoms with van der Waals surface area (Å²) in [5.74, 6) is 2.23. The first-order valence-corrected chi connectivity index (χ1v) is 10.2. The van der Waals surface area contributed by atoms with Crippen molar-refractivity contribution in [3.63, 3.8) is 0 Å². The van der Waals surface area contributed by atoms with Crippen LogP contribution in [0.1, 0.15) is 18.5 Å². The van der Waals surface area contributed by atoms with Gasteiger partial charge >= 0.3 is 0 Å². The molecule has 2 aliphatic heterocycles. The molecule has 0 radical (unpaired) electrons. The van der Waals surface area contributed by atoms with Crippen LogP contribution in [0.15, 0.2) is 6.07 Å². The fourth-order valence-corrected chi connectivity index (χ4v) is 4.33. The Morgan fingerprint density at radius 3 is 2.70 bits per heavy atom. The van der Waals surface area contributed by atoms with Gasteiger partial charge in [-0.2, -0.15) is 5.10 Å². The largest absolute Gasteiger partial charge is 0.370 e. The molecule has 0 spiro atoms. The highest BCUT2D eigenvalue weighted by atomic mass is 32.2. The molecule has 0 unspecified atom stereocenters. The minimum atomic E-state index is -3.02. The molecule has 0 aliphatic carbocycles. The minimum absolute atomic E-state index is 0.540. The summed E-state index contributed by atoms with van der Waals surface area (Å²) in [5, 5.41) is 11.5. The first kappa shape index (κ1) is 16.7. The van der Waals surface area contributed by atoms with Gasteiger partial charge in [-0.15, -0.1) is 0 Å². The van der Waals surface area contributed by atoms with Gasteiger partial charge in [-0.1, -0.05) is 0 Å². The molecule has 8 heteroatoms. The third-order valence-corrected chi connectivity index (χ3v) is 6.12. The lowest BCUT2D eigenvalue weighted by atomic mass is 9.98. The van der Waals surface area contributed by atoms with Crippen LogP contribution in [0.2, 0.25) is 0 Å². The summed E-state index contributed by atoms with van der Waals surface area (Å²) in [6, 6.07) is 2.08. The Kier molecular flexibility index (Phi) is 4.93. The van der Waals surface area contributed by atoms with Crippen molar-refractivity contribution in [2.24, 2.45) is 11.8 Å². The zero-order valence-corrected chi connectivity index (χ0v) is 14.8. The maximum Gasteiger partial charge on any atom is 0.211 e. The Hall–Kier alpha value is -1.12. The summed E-state index contributed by atoms with van der Waals surface area (Å²) in [7, 11) is -3.02. The number of aryl methyl sites for hydroxylation is 1. The molecular formula is C15H27N5O2S. The van der Waals surface area contributed by atoms with Crippen LogP contribution < -0.4 is 10.6 Å². The van der Waals surface area contributed by atoms with Crippen molar-refractivity contribution in [1.82, 2.24) is 19.4 Å². The Balaban J connectivity index is 1.38. The van der Waals surface area contributed by atoms with Gasteiger partial charge < -0.3 is 10.6 Å². The summed E-state index contributed by atoms with van der Waals surface area (Å²) in [6.45, 7) is 7.21. The van der Waals surface area contributed by atoms with E-state index in [4.69, 9.17) is 0 Å². The van der Waals surface area contributed by atoms with Gasteiger partial charge in [0.2, 0.25) is 10.0 Å². The fourth-order valence-electron chi connectivity index (χ4n) is 3.46. The van der Waals surface area contributed by atoms with Crippen LogP contribution in [0, 0.1) is 18.8 Å². The van der Waals surface area contributed by atoms with Crippen LogP contribution in [0.5, 0.6) is 0 Å². The predicted octanol–water partition coefficient (Wildman–Crippen LogP) is 0.494. The number of hydrogen-bond donors (Lipinski definition) is 2. The average molecular weight is 341 g/mol. The lowest BCUT2D eigenvalue weighted by Gasteiger charge is -2.31. The predicted molar refractivity (Wildman–Crippen MR) is 91.0 cm³/mol. The quantitative estimate of drug-likeness (QED) is 0.815. The van der Waals surface area contributed by atoms with Crippen LogP contribution in [0.25, 0.3) is 0 Å². The molecule has 0 bridgehead atoms. The van der Waals surface area contributed by atoms with Crippen molar-refractivity contribution in [3.05, 3.63) is 11.8 Å². The number of piperidine rings is 1. The molecule has 3 heterocycles. The Morgan fingerprint density at radius 2 is 2.00 bits per heavy atom. The van der Waals surface area contributed by atoms with Crippen molar-refractivity contribution in [1.29, 1.82) is 0 Å². The van der Waals surface area contributed by atoms with E-state index in [1.807, 2.05) is 6.92 Å². The van der Waals surface area contributed by atoms with Crippen LogP contribution in [0.3, 0.4) is 0 Å². The lowest BCUT2D eigenvalue weighted by molar-refractivity contribution is 0.263. The van der Waals surface area contributed by atoms with Crippen LogP contribution >= 0.6 is 0 Å². The number of nitrogens with one attached hydrogen (secondary N) is 2. The van der Waals surface area contributed by atoms with E-state index in [-0.39, 0.29) is 0 Å². The van der Waals surface area contributed by atoms with E-state index < -0.39 is 10.0 Å². The second-order valence-corrected chi connectivity index (χ2v) is 8.85. The summed E-state index contributed by atoms with van der Waals surface area (Å²) < 4.78 is 26.7. The van der Waals surface area contributed by atoms with Crippen molar-refractivity contribution in [3.8, 4) is 0 Å². The van der Waals surface area contributed by atoms with Gasteiger partial charge in [0.05, 0.1) is 11.9 Å². The van der Waals surface area contributed by atoms with Crippen LogP contribution in [-0.4, -0.2) is 61.5 Å². The van der Waals surface area contributed by atoms with E-state index in [1.165, 1.54) is 6.26 Å². The normalized spacial score (nSPS) is 23.5. The molecule has 1 fully saturated rings. The molecule has 1 aromatic rings. The van der Waals surface area contributed by atoms with Crippen molar-refractivity contribution < 1.29 is 8.42 Å². The molecule has 7 nitrogen and oxygen atoms in total. The van der Waals surface area contributed by atoms with E-state index in [0.717, 1.165) is 50.5 Å². The third kappa shape index (κ3) is 4.24. The fraction of sp³-hybridized carbons (Fsp3) is 0.800. The number of rotatable bonds is 5. The average Bonchev–Trinajstić information content (AvgIpc) is 2.86. The lowest BCUT2D eigenvalue weighted by Crippen LogP contribution is -2.41. The Bertz CT molecular complexity index is 634. The molecule has 0 saturated carbocycles. The highest BCUT2D eigenvalue weighted by molar-refractivity contribution is 7.88.